The molecule has 8 nitrogen and oxygen atoms in total. The van der Waals surface area contributed by atoms with Gasteiger partial charge in [0.05, 0.1) is 35.1 Å². The van der Waals surface area contributed by atoms with Crippen LogP contribution in [0.1, 0.15) is 30.9 Å². The number of rotatable bonds is 7. The largest absolute Gasteiger partial charge is 0.423 e. The van der Waals surface area contributed by atoms with E-state index in [1.807, 2.05) is 0 Å². The lowest BCUT2D eigenvalue weighted by atomic mass is 10.0. The van der Waals surface area contributed by atoms with Gasteiger partial charge in [0.15, 0.2) is 0 Å². The molecule has 0 amide bonds. The van der Waals surface area contributed by atoms with Crippen LogP contribution in [0.2, 0.25) is 0 Å². The molecule has 0 spiro atoms. The van der Waals surface area contributed by atoms with Crippen LogP contribution in [0.5, 0.6) is 0 Å². The Balaban J connectivity index is 1.52. The topological polar surface area (TPSA) is 97.0 Å². The molecule has 0 aliphatic heterocycles. The molecule has 4 rings (SSSR count). The van der Waals surface area contributed by atoms with Gasteiger partial charge < -0.3 is 9.88 Å². The van der Waals surface area contributed by atoms with E-state index in [1.54, 1.807) is 12.0 Å². The minimum Gasteiger partial charge on any atom is -0.381 e. The van der Waals surface area contributed by atoms with Crippen LogP contribution >= 0.6 is 0 Å². The summed E-state index contributed by atoms with van der Waals surface area (Å²) < 4.78 is 95.0. The van der Waals surface area contributed by atoms with E-state index < -0.39 is 57.8 Å². The second-order valence-corrected chi connectivity index (χ2v) is 9.11. The van der Waals surface area contributed by atoms with Crippen LogP contribution in [0.4, 0.5) is 42.1 Å². The van der Waals surface area contributed by atoms with Crippen LogP contribution in [-0.4, -0.2) is 25.8 Å². The summed E-state index contributed by atoms with van der Waals surface area (Å²) in [5.41, 5.74) is -6.05. The number of aryl methyl sites for hydroxylation is 1. The van der Waals surface area contributed by atoms with Crippen molar-refractivity contribution in [2.75, 3.05) is 5.32 Å². The van der Waals surface area contributed by atoms with Crippen molar-refractivity contribution in [2.24, 2.45) is 0 Å². The number of hydrogen-bond acceptors (Lipinski definition) is 5. The normalized spacial score (nSPS) is 12.8. The van der Waals surface area contributed by atoms with Gasteiger partial charge in [-0.05, 0) is 49.4 Å². The van der Waals surface area contributed by atoms with E-state index in [0.717, 1.165) is 12.3 Å². The van der Waals surface area contributed by atoms with E-state index in [0.29, 0.717) is 25.1 Å². The zero-order chi connectivity index (χ0) is 30.1. The minimum atomic E-state index is -4.90. The zero-order valence-corrected chi connectivity index (χ0v) is 21.0. The van der Waals surface area contributed by atoms with Crippen molar-refractivity contribution in [3.05, 3.63) is 91.9 Å². The number of benzene rings is 1. The Labute approximate surface area is 226 Å². The Hall–Kier alpha value is -4.74. The standard InChI is InChI=1S/C26H19F7N6O2/c1-13(37-20-12-36-38-23(40)21(20)26(31,32)33)4-3-6-39-7-5-14-8-17(18(27)10-16(14)24(39)41)22-19(34-2)9-15(11-35-22)25(28,29)30/h5,7-13H,3-4,6H2,1H3,(H2,37,38,40)/t13-/m0/s1. The number of pyridine rings is 2. The van der Waals surface area contributed by atoms with Gasteiger partial charge in [0.1, 0.15) is 11.4 Å². The van der Waals surface area contributed by atoms with Gasteiger partial charge in [0.25, 0.3) is 11.1 Å². The number of alkyl halides is 6. The van der Waals surface area contributed by atoms with Crippen LogP contribution in [0.3, 0.4) is 0 Å². The molecule has 0 saturated carbocycles. The number of aromatic nitrogens is 4. The summed E-state index contributed by atoms with van der Waals surface area (Å²) >= 11 is 0. The summed E-state index contributed by atoms with van der Waals surface area (Å²) in [7, 11) is 0. The molecule has 3 aromatic heterocycles. The fourth-order valence-corrected chi connectivity index (χ4v) is 4.26. The highest BCUT2D eigenvalue weighted by Gasteiger charge is 2.37. The first-order valence-corrected chi connectivity index (χ1v) is 11.9. The molecular formula is C26H19F7N6O2. The van der Waals surface area contributed by atoms with Crippen molar-refractivity contribution >= 4 is 22.1 Å². The SMILES string of the molecule is [C-]#[N+]c1cc(C(F)(F)F)cnc1-c1cc2ccn(CCC[C@H](C)Nc3cn[nH]c(=O)c3C(F)(F)F)c(=O)c2cc1F. The number of nitrogens with zero attached hydrogens (tertiary/aromatic N) is 4. The number of anilines is 1. The fraction of sp³-hybridized carbons (Fsp3) is 0.269. The van der Waals surface area contributed by atoms with Gasteiger partial charge in [-0.3, -0.25) is 14.6 Å². The average Bonchev–Trinajstić information content (AvgIpc) is 2.88. The van der Waals surface area contributed by atoms with Crippen molar-refractivity contribution < 1.29 is 30.7 Å². The second kappa shape index (κ2) is 11.0. The highest BCUT2D eigenvalue weighted by atomic mass is 19.4. The molecule has 0 aliphatic carbocycles. The van der Waals surface area contributed by atoms with E-state index in [2.05, 4.69) is 20.2 Å². The predicted octanol–water partition coefficient (Wildman–Crippen LogP) is 6.16. The van der Waals surface area contributed by atoms with Crippen LogP contribution in [-0.2, 0) is 18.9 Å². The lowest BCUT2D eigenvalue weighted by Crippen LogP contribution is -2.27. The van der Waals surface area contributed by atoms with Crippen molar-refractivity contribution in [2.45, 2.75) is 44.7 Å². The molecule has 1 atom stereocenters. The molecule has 2 N–H and O–H groups in total. The summed E-state index contributed by atoms with van der Waals surface area (Å²) in [5.74, 6) is -0.964. The fourth-order valence-electron chi connectivity index (χ4n) is 4.26. The third-order valence-electron chi connectivity index (χ3n) is 6.21. The Bertz CT molecular complexity index is 1770. The lowest BCUT2D eigenvalue weighted by molar-refractivity contribution is -0.138. The molecule has 214 valence electrons. The summed E-state index contributed by atoms with van der Waals surface area (Å²) in [6.07, 6.45) is -6.25. The highest BCUT2D eigenvalue weighted by Crippen LogP contribution is 2.37. The van der Waals surface area contributed by atoms with Gasteiger partial charge in [-0.15, -0.1) is 0 Å². The maximum absolute atomic E-state index is 15.0. The van der Waals surface area contributed by atoms with E-state index in [4.69, 9.17) is 6.57 Å². The molecule has 41 heavy (non-hydrogen) atoms. The monoisotopic (exact) mass is 580 g/mol. The first-order valence-electron chi connectivity index (χ1n) is 11.9. The third kappa shape index (κ3) is 6.21. The molecule has 0 unspecified atom stereocenters. The number of hydrogen-bond donors (Lipinski definition) is 2. The van der Waals surface area contributed by atoms with Gasteiger partial charge in [-0.25, -0.2) is 14.3 Å². The van der Waals surface area contributed by atoms with Crippen LogP contribution in [0, 0.1) is 12.4 Å². The van der Waals surface area contributed by atoms with Crippen LogP contribution in [0.25, 0.3) is 26.9 Å². The van der Waals surface area contributed by atoms with E-state index >= 15 is 4.39 Å². The molecular weight excluding hydrogens is 561 g/mol. The number of halogens is 7. The van der Waals surface area contributed by atoms with Crippen molar-refractivity contribution in [3.63, 3.8) is 0 Å². The van der Waals surface area contributed by atoms with Crippen molar-refractivity contribution in [1.82, 2.24) is 19.7 Å². The summed E-state index contributed by atoms with van der Waals surface area (Å²) in [5, 5.41) is 7.99. The molecule has 15 heteroatoms. The Morgan fingerprint density at radius 2 is 1.83 bits per heavy atom. The van der Waals surface area contributed by atoms with E-state index in [9.17, 15) is 35.9 Å². The van der Waals surface area contributed by atoms with Gasteiger partial charge in [-0.1, -0.05) is 0 Å². The number of nitrogens with one attached hydrogen (secondary N) is 2. The molecule has 0 saturated heterocycles. The molecule has 0 radical (unpaired) electrons. The van der Waals surface area contributed by atoms with Gasteiger partial charge >= 0.3 is 12.4 Å². The average molecular weight is 580 g/mol. The molecule has 4 aromatic rings. The first-order chi connectivity index (χ1) is 19.2. The quantitative estimate of drug-likeness (QED) is 0.202. The van der Waals surface area contributed by atoms with Crippen LogP contribution < -0.4 is 16.4 Å². The summed E-state index contributed by atoms with van der Waals surface area (Å²) in [6.45, 7) is 8.93. The smallest absolute Gasteiger partial charge is 0.381 e. The van der Waals surface area contributed by atoms with Crippen molar-refractivity contribution in [3.8, 4) is 11.3 Å². The molecule has 0 bridgehead atoms. The summed E-state index contributed by atoms with van der Waals surface area (Å²) in [6, 6.07) is 3.66. The van der Waals surface area contributed by atoms with E-state index in [1.165, 1.54) is 22.9 Å². The molecule has 3 heterocycles. The third-order valence-corrected chi connectivity index (χ3v) is 6.21. The van der Waals surface area contributed by atoms with Gasteiger partial charge in [-0.2, -0.15) is 31.4 Å². The maximum Gasteiger partial charge on any atom is 0.423 e. The summed E-state index contributed by atoms with van der Waals surface area (Å²) in [4.78, 5) is 31.3. The molecule has 0 fully saturated rings. The zero-order valence-electron chi connectivity index (χ0n) is 21.0. The maximum atomic E-state index is 15.0. The van der Waals surface area contributed by atoms with Gasteiger partial charge in [0.2, 0.25) is 5.69 Å². The van der Waals surface area contributed by atoms with Crippen LogP contribution in [0.15, 0.2) is 52.4 Å². The Morgan fingerprint density at radius 1 is 1.10 bits per heavy atom. The lowest BCUT2D eigenvalue weighted by Gasteiger charge is -2.18. The van der Waals surface area contributed by atoms with Gasteiger partial charge in [0, 0.05) is 30.5 Å². The Morgan fingerprint density at radius 3 is 2.49 bits per heavy atom. The molecule has 1 aromatic carbocycles. The Kier molecular flexibility index (Phi) is 7.87. The molecule has 0 aliphatic rings. The van der Waals surface area contributed by atoms with E-state index in [-0.39, 0.29) is 28.6 Å². The number of aromatic amines is 1. The van der Waals surface area contributed by atoms with Crippen molar-refractivity contribution in [1.29, 1.82) is 0 Å². The minimum absolute atomic E-state index is 0.0272. The highest BCUT2D eigenvalue weighted by molar-refractivity contribution is 5.88. The number of fused-ring (bicyclic) bond motifs is 1. The first kappa shape index (κ1) is 29.2. The second-order valence-electron chi connectivity index (χ2n) is 9.11. The predicted molar refractivity (Wildman–Crippen MR) is 135 cm³/mol. The number of H-pyrrole nitrogens is 1.